The molecule has 1 aromatic carbocycles. The van der Waals surface area contributed by atoms with Crippen molar-refractivity contribution in [2.24, 2.45) is 0 Å². The second-order valence-electron chi connectivity index (χ2n) is 12.8. The molecule has 0 bridgehead atoms. The molecule has 2 aromatic heterocycles. The van der Waals surface area contributed by atoms with Crippen LogP contribution < -0.4 is 15.4 Å². The van der Waals surface area contributed by atoms with Gasteiger partial charge in [0.2, 0.25) is 5.91 Å². The highest BCUT2D eigenvalue weighted by atomic mass is 32.2. The van der Waals surface area contributed by atoms with Crippen molar-refractivity contribution in [3.8, 4) is 5.75 Å². The predicted octanol–water partition coefficient (Wildman–Crippen LogP) is 4.22. The standard InChI is InChI=1S/C36H44N6O6S/c1-7-33(43)42-14-13-41(20-24(42)5)21-32(30-12-11-26(18-38-30)25-9-10-25)48-31-16-22(3)28(17-29(31)35(44)37-8-2)36(45)40-34-23(4)15-27(19-39-34)49(6,46)47/h7,11-12,15-19,24-25,32H,1,8-10,13-14,20-21H2,2-6H3,(H,37,44)(H,39,40,45)/t24-,32-/m1/s1. The highest BCUT2D eigenvalue weighted by Gasteiger charge is 2.31. The van der Waals surface area contributed by atoms with Crippen molar-refractivity contribution in [1.29, 1.82) is 0 Å². The lowest BCUT2D eigenvalue weighted by Gasteiger charge is -2.40. The molecule has 3 amide bonds. The highest BCUT2D eigenvalue weighted by molar-refractivity contribution is 7.90. The summed E-state index contributed by atoms with van der Waals surface area (Å²) >= 11 is 0. The Labute approximate surface area is 287 Å². The Balaban J connectivity index is 1.45. The number of rotatable bonds is 12. The number of carbonyl (C=O) groups is 3. The summed E-state index contributed by atoms with van der Waals surface area (Å²) in [6.07, 6.45) is 7.28. The second kappa shape index (κ2) is 14.9. The molecule has 2 atom stereocenters. The Morgan fingerprint density at radius 3 is 2.39 bits per heavy atom. The number of hydrogen-bond acceptors (Lipinski definition) is 9. The smallest absolute Gasteiger partial charge is 0.257 e. The van der Waals surface area contributed by atoms with E-state index in [1.54, 1.807) is 31.7 Å². The van der Waals surface area contributed by atoms with Crippen LogP contribution in [0.4, 0.5) is 5.82 Å². The van der Waals surface area contributed by atoms with Gasteiger partial charge in [-0.15, -0.1) is 0 Å². The number of pyridine rings is 2. The molecule has 49 heavy (non-hydrogen) atoms. The predicted molar refractivity (Wildman–Crippen MR) is 187 cm³/mol. The molecule has 12 nitrogen and oxygen atoms in total. The minimum Gasteiger partial charge on any atom is -0.482 e. The first-order chi connectivity index (χ1) is 23.3. The molecule has 3 aromatic rings. The number of nitrogens with one attached hydrogen (secondary N) is 2. The van der Waals surface area contributed by atoms with Crippen molar-refractivity contribution >= 4 is 33.4 Å². The lowest BCUT2D eigenvalue weighted by Crippen LogP contribution is -2.54. The van der Waals surface area contributed by atoms with Crippen molar-refractivity contribution in [2.45, 2.75) is 63.5 Å². The van der Waals surface area contributed by atoms with Crippen molar-refractivity contribution in [3.63, 3.8) is 0 Å². The molecule has 2 aliphatic rings. The Hall–Kier alpha value is -4.62. The molecule has 5 rings (SSSR count). The molecule has 0 spiro atoms. The Bertz CT molecular complexity index is 1860. The number of benzene rings is 1. The molecule has 1 saturated heterocycles. The van der Waals surface area contributed by atoms with E-state index in [2.05, 4.69) is 33.2 Å². The molecule has 1 aliphatic heterocycles. The average molecular weight is 689 g/mol. The second-order valence-corrected chi connectivity index (χ2v) is 14.8. The third-order valence-electron chi connectivity index (χ3n) is 8.92. The number of piperazine rings is 1. The van der Waals surface area contributed by atoms with Crippen LogP contribution in [0.2, 0.25) is 0 Å². The van der Waals surface area contributed by atoms with E-state index in [-0.39, 0.29) is 33.8 Å². The van der Waals surface area contributed by atoms with E-state index in [9.17, 15) is 22.8 Å². The van der Waals surface area contributed by atoms with Gasteiger partial charge in [0.05, 0.1) is 16.2 Å². The molecule has 260 valence electrons. The zero-order chi connectivity index (χ0) is 35.5. The molecule has 2 N–H and O–H groups in total. The van der Waals surface area contributed by atoms with Crippen LogP contribution >= 0.6 is 0 Å². The van der Waals surface area contributed by atoms with Crippen LogP contribution in [0.15, 0.2) is 60.3 Å². The van der Waals surface area contributed by atoms with Gasteiger partial charge < -0.3 is 20.3 Å². The first-order valence-corrected chi connectivity index (χ1v) is 18.4. The average Bonchev–Trinajstić information content (AvgIpc) is 3.91. The van der Waals surface area contributed by atoms with Crippen LogP contribution in [0.3, 0.4) is 0 Å². The zero-order valence-electron chi connectivity index (χ0n) is 28.7. The van der Waals surface area contributed by atoms with E-state index in [0.29, 0.717) is 61.2 Å². The van der Waals surface area contributed by atoms with Crippen molar-refractivity contribution in [2.75, 3.05) is 44.3 Å². The van der Waals surface area contributed by atoms with Crippen LogP contribution in [0.5, 0.6) is 5.75 Å². The van der Waals surface area contributed by atoms with Gasteiger partial charge in [0.1, 0.15) is 11.6 Å². The van der Waals surface area contributed by atoms with Gasteiger partial charge in [-0.2, -0.15) is 0 Å². The number of anilines is 1. The largest absolute Gasteiger partial charge is 0.482 e. The molecule has 0 unspecified atom stereocenters. The van der Waals surface area contributed by atoms with Gasteiger partial charge in [-0.1, -0.05) is 12.6 Å². The minimum atomic E-state index is -3.47. The molecule has 3 heterocycles. The number of nitrogens with zero attached hydrogens (tertiary/aromatic N) is 4. The van der Waals surface area contributed by atoms with Crippen LogP contribution in [0.1, 0.15) is 81.8 Å². The summed E-state index contributed by atoms with van der Waals surface area (Å²) in [6, 6.07) is 8.67. The van der Waals surface area contributed by atoms with Gasteiger partial charge in [-0.3, -0.25) is 24.3 Å². The SMILES string of the molecule is C=CC(=O)N1CCN(C[C@@H](Oc2cc(C)c(C(=O)Nc3ncc(S(C)(=O)=O)cc3C)cc2C(=O)NCC)c2ccc(C3CC3)cn2)C[C@H]1C. The number of aryl methyl sites for hydroxylation is 2. The first kappa shape index (κ1) is 35.7. The molecular weight excluding hydrogens is 644 g/mol. The van der Waals surface area contributed by atoms with Crippen molar-refractivity contribution in [3.05, 3.63) is 88.9 Å². The lowest BCUT2D eigenvalue weighted by atomic mass is 10.0. The fourth-order valence-electron chi connectivity index (χ4n) is 6.00. The fourth-order valence-corrected chi connectivity index (χ4v) is 6.64. The fraction of sp³-hybridized carbons (Fsp3) is 0.417. The molecule has 1 aliphatic carbocycles. The summed E-state index contributed by atoms with van der Waals surface area (Å²) in [4.78, 5) is 52.4. The van der Waals surface area contributed by atoms with Crippen molar-refractivity contribution < 1.29 is 27.5 Å². The number of carbonyl (C=O) groups excluding carboxylic acids is 3. The van der Waals surface area contributed by atoms with Crippen LogP contribution in [-0.2, 0) is 14.6 Å². The molecule has 0 radical (unpaired) electrons. The van der Waals surface area contributed by atoms with E-state index >= 15 is 0 Å². The highest BCUT2D eigenvalue weighted by Crippen LogP contribution is 2.40. The van der Waals surface area contributed by atoms with Crippen molar-refractivity contribution in [1.82, 2.24) is 25.1 Å². The molecule has 2 fully saturated rings. The van der Waals surface area contributed by atoms with Gasteiger partial charge in [0, 0.05) is 63.0 Å². The van der Waals surface area contributed by atoms with E-state index in [4.69, 9.17) is 9.72 Å². The number of hydrogen-bond donors (Lipinski definition) is 2. The number of amides is 3. The van der Waals surface area contributed by atoms with E-state index < -0.39 is 27.8 Å². The number of sulfone groups is 1. The lowest BCUT2D eigenvalue weighted by molar-refractivity contribution is -0.130. The quantitative estimate of drug-likeness (QED) is 0.267. The van der Waals surface area contributed by atoms with Gasteiger partial charge in [-0.25, -0.2) is 13.4 Å². The first-order valence-electron chi connectivity index (χ1n) is 16.5. The third-order valence-corrected chi connectivity index (χ3v) is 10.00. The van der Waals surface area contributed by atoms with E-state index in [0.717, 1.165) is 19.1 Å². The third kappa shape index (κ3) is 8.52. The Morgan fingerprint density at radius 1 is 1.04 bits per heavy atom. The number of ether oxygens (including phenoxy) is 1. The molecular formula is C36H44N6O6S. The minimum absolute atomic E-state index is 0.0308. The van der Waals surface area contributed by atoms with Crippen LogP contribution in [-0.4, -0.2) is 90.9 Å². The summed E-state index contributed by atoms with van der Waals surface area (Å²) < 4.78 is 30.6. The summed E-state index contributed by atoms with van der Waals surface area (Å²) in [7, 11) is -3.47. The maximum Gasteiger partial charge on any atom is 0.257 e. The summed E-state index contributed by atoms with van der Waals surface area (Å²) in [5.74, 6) is 0.0475. The van der Waals surface area contributed by atoms with Gasteiger partial charge in [0.25, 0.3) is 11.8 Å². The number of aromatic nitrogens is 2. The van der Waals surface area contributed by atoms with Gasteiger partial charge >= 0.3 is 0 Å². The topological polar surface area (TPSA) is 151 Å². The Morgan fingerprint density at radius 2 is 1.80 bits per heavy atom. The zero-order valence-corrected chi connectivity index (χ0v) is 29.5. The molecule has 1 saturated carbocycles. The Kier molecular flexibility index (Phi) is 10.8. The van der Waals surface area contributed by atoms with Crippen LogP contribution in [0.25, 0.3) is 0 Å². The summed E-state index contributed by atoms with van der Waals surface area (Å²) in [6.45, 7) is 13.5. The van der Waals surface area contributed by atoms with E-state index in [1.807, 2.05) is 19.2 Å². The summed E-state index contributed by atoms with van der Waals surface area (Å²) in [5, 5.41) is 5.58. The molecule has 13 heteroatoms. The maximum atomic E-state index is 13.5. The van der Waals surface area contributed by atoms with E-state index in [1.165, 1.54) is 30.0 Å². The maximum absolute atomic E-state index is 13.5. The van der Waals surface area contributed by atoms with Gasteiger partial charge in [0.15, 0.2) is 15.9 Å². The van der Waals surface area contributed by atoms with Gasteiger partial charge in [-0.05, 0) is 93.5 Å². The summed E-state index contributed by atoms with van der Waals surface area (Å²) in [5.41, 5.74) is 3.36. The monoisotopic (exact) mass is 688 g/mol. The normalized spacial score (nSPS) is 17.2. The van der Waals surface area contributed by atoms with Crippen LogP contribution in [0, 0.1) is 13.8 Å².